The van der Waals surface area contributed by atoms with E-state index in [2.05, 4.69) is 34.6 Å². The molecule has 0 spiro atoms. The Morgan fingerprint density at radius 1 is 0.818 bits per heavy atom. The van der Waals surface area contributed by atoms with Gasteiger partial charge in [-0.1, -0.05) is 18.1 Å². The monoisotopic (exact) mass is 316 g/mol. The maximum Gasteiger partial charge on any atom is 0 e. The van der Waals surface area contributed by atoms with E-state index < -0.39 is 0 Å². The molecule has 0 saturated heterocycles. The summed E-state index contributed by atoms with van der Waals surface area (Å²) in [6.45, 7) is 11.2. The zero-order chi connectivity index (χ0) is 7.89. The van der Waals surface area contributed by atoms with E-state index in [0.717, 1.165) is 0 Å². The fourth-order valence-corrected chi connectivity index (χ4v) is 1.57. The Hall–Kier alpha value is 0.350. The molecule has 0 N–H and O–H groups in total. The summed E-state index contributed by atoms with van der Waals surface area (Å²) in [5, 5.41) is 0. The first-order valence-electron chi connectivity index (χ1n) is 3.90. The molecule has 1 aliphatic rings. The Labute approximate surface area is 88.5 Å². The predicted octanol–water partition coefficient (Wildman–Crippen LogP) is 3.31. The summed E-state index contributed by atoms with van der Waals surface area (Å²) in [7, 11) is 0. The van der Waals surface area contributed by atoms with E-state index >= 15 is 0 Å². The van der Waals surface area contributed by atoms with Gasteiger partial charge in [-0.15, -0.1) is 0 Å². The fraction of sp³-hybridized carbons (Fsp3) is 0.600. The Morgan fingerprint density at radius 3 is 1.18 bits per heavy atom. The second-order valence-electron chi connectivity index (χ2n) is 3.34. The Balaban J connectivity index is 0.000001000. The second kappa shape index (κ2) is 3.84. The number of rotatable bonds is 0. The van der Waals surface area contributed by atoms with Crippen LogP contribution in [0.15, 0.2) is 22.3 Å². The Morgan fingerprint density at radius 2 is 1.09 bits per heavy atom. The van der Waals surface area contributed by atoms with Gasteiger partial charge >= 0.3 is 0 Å². The number of hydrogen-bond acceptors (Lipinski definition) is 0. The maximum absolute atomic E-state index is 2.28. The Kier molecular flexibility index (Phi) is 3.96. The van der Waals surface area contributed by atoms with Crippen LogP contribution in [0.2, 0.25) is 0 Å². The topological polar surface area (TPSA) is 0 Å². The molecule has 1 rings (SSSR count). The van der Waals surface area contributed by atoms with Crippen LogP contribution in [0.5, 0.6) is 0 Å². The summed E-state index contributed by atoms with van der Waals surface area (Å²) in [6.07, 6.45) is 0. The van der Waals surface area contributed by atoms with E-state index in [1.54, 1.807) is 11.1 Å². The van der Waals surface area contributed by atoms with E-state index in [1.807, 2.05) is 0 Å². The van der Waals surface area contributed by atoms with Gasteiger partial charge in [-0.25, -0.2) is 0 Å². The number of allylic oxidation sites excluding steroid dienone is 4. The molecule has 0 unspecified atom stereocenters. The molecule has 0 heterocycles. The molecule has 0 saturated carbocycles. The zero-order valence-electron chi connectivity index (χ0n) is 8.08. The van der Waals surface area contributed by atoms with E-state index in [-0.39, 0.29) is 25.8 Å². The largest absolute Gasteiger partial charge is 0.0632 e. The second-order valence-corrected chi connectivity index (χ2v) is 3.34. The van der Waals surface area contributed by atoms with Crippen molar-refractivity contribution in [3.63, 3.8) is 0 Å². The summed E-state index contributed by atoms with van der Waals surface area (Å²) in [5.41, 5.74) is 6.11. The van der Waals surface area contributed by atoms with Crippen molar-refractivity contribution < 1.29 is 25.8 Å². The van der Waals surface area contributed by atoms with Crippen LogP contribution < -0.4 is 0 Å². The molecule has 0 bridgehead atoms. The van der Waals surface area contributed by atoms with Gasteiger partial charge in [0.2, 0.25) is 0 Å². The molecule has 0 amide bonds. The van der Waals surface area contributed by atoms with Crippen molar-refractivity contribution in [1.82, 2.24) is 0 Å². The van der Waals surface area contributed by atoms with Crippen LogP contribution in [-0.4, -0.2) is 0 Å². The molecule has 0 aromatic rings. The van der Waals surface area contributed by atoms with Crippen LogP contribution in [-0.2, 0) is 25.8 Å². The summed E-state index contributed by atoms with van der Waals surface area (Å²) >= 11 is 0. The molecule has 1 heteroatoms. The van der Waals surface area contributed by atoms with Crippen LogP contribution in [0.4, 0.5) is 0 Å². The molecule has 1 aliphatic carbocycles. The molecular formula is C10H16Hf. The first kappa shape index (κ1) is 11.4. The summed E-state index contributed by atoms with van der Waals surface area (Å²) in [5.74, 6) is 0.694. The average molecular weight is 315 g/mol. The molecule has 11 heavy (non-hydrogen) atoms. The molecule has 60 valence electrons. The van der Waals surface area contributed by atoms with Crippen molar-refractivity contribution in [2.75, 3.05) is 0 Å². The van der Waals surface area contributed by atoms with Gasteiger partial charge in [0, 0.05) is 25.8 Å². The first-order chi connectivity index (χ1) is 4.55. The van der Waals surface area contributed by atoms with Crippen molar-refractivity contribution in [2.24, 2.45) is 5.92 Å². The van der Waals surface area contributed by atoms with Gasteiger partial charge in [-0.2, -0.15) is 0 Å². The van der Waals surface area contributed by atoms with Crippen molar-refractivity contribution in [2.45, 2.75) is 34.6 Å². The summed E-state index contributed by atoms with van der Waals surface area (Å²) < 4.78 is 0. The van der Waals surface area contributed by atoms with Crippen LogP contribution in [0.3, 0.4) is 0 Å². The third kappa shape index (κ3) is 1.74. The Bertz CT molecular complexity index is 197. The normalized spacial score (nSPS) is 19.4. The van der Waals surface area contributed by atoms with Gasteiger partial charge in [-0.05, 0) is 44.8 Å². The molecule has 0 atom stereocenters. The van der Waals surface area contributed by atoms with Crippen molar-refractivity contribution in [1.29, 1.82) is 0 Å². The SMILES string of the molecule is CC1=C(C)C(C)C(C)=C1C.[Hf]. The van der Waals surface area contributed by atoms with Crippen molar-refractivity contribution in [3.8, 4) is 0 Å². The van der Waals surface area contributed by atoms with Crippen LogP contribution in [0, 0.1) is 5.92 Å². The van der Waals surface area contributed by atoms with E-state index in [0.29, 0.717) is 5.92 Å². The van der Waals surface area contributed by atoms with Gasteiger partial charge in [0.25, 0.3) is 0 Å². The maximum atomic E-state index is 2.28. The minimum absolute atomic E-state index is 0. The molecule has 0 aromatic carbocycles. The van der Waals surface area contributed by atoms with Gasteiger partial charge in [0.1, 0.15) is 0 Å². The van der Waals surface area contributed by atoms with E-state index in [1.165, 1.54) is 11.1 Å². The molecular weight excluding hydrogens is 299 g/mol. The van der Waals surface area contributed by atoms with Gasteiger partial charge in [-0.3, -0.25) is 0 Å². The minimum Gasteiger partial charge on any atom is -0.0632 e. The summed E-state index contributed by atoms with van der Waals surface area (Å²) in [6, 6.07) is 0. The summed E-state index contributed by atoms with van der Waals surface area (Å²) in [4.78, 5) is 0. The molecule has 0 fully saturated rings. The molecule has 0 radical (unpaired) electrons. The van der Waals surface area contributed by atoms with Crippen molar-refractivity contribution >= 4 is 0 Å². The molecule has 0 aliphatic heterocycles. The van der Waals surface area contributed by atoms with Crippen molar-refractivity contribution in [3.05, 3.63) is 22.3 Å². The average Bonchev–Trinajstić information content (AvgIpc) is 2.07. The number of hydrogen-bond donors (Lipinski definition) is 0. The molecule has 0 aromatic heterocycles. The van der Waals surface area contributed by atoms with Gasteiger partial charge in [0.15, 0.2) is 0 Å². The smallest absolute Gasteiger partial charge is 0 e. The van der Waals surface area contributed by atoms with E-state index in [4.69, 9.17) is 0 Å². The predicted molar refractivity (Wildman–Crippen MR) is 45.9 cm³/mol. The van der Waals surface area contributed by atoms with Gasteiger partial charge in [0.05, 0.1) is 0 Å². The van der Waals surface area contributed by atoms with E-state index in [9.17, 15) is 0 Å². The van der Waals surface area contributed by atoms with Crippen LogP contribution >= 0.6 is 0 Å². The third-order valence-corrected chi connectivity index (χ3v) is 3.04. The molecule has 0 nitrogen and oxygen atoms in total. The van der Waals surface area contributed by atoms with Crippen LogP contribution in [0.25, 0.3) is 0 Å². The first-order valence-corrected chi connectivity index (χ1v) is 3.90. The fourth-order valence-electron chi connectivity index (χ4n) is 1.57. The van der Waals surface area contributed by atoms with Crippen LogP contribution in [0.1, 0.15) is 34.6 Å². The quantitative estimate of drug-likeness (QED) is 0.602. The minimum atomic E-state index is 0. The zero-order valence-corrected chi connectivity index (χ0v) is 11.7. The standard InChI is InChI=1S/C10H16.Hf/c1-6-7(2)9(4)10(5)8(6)3;/h6H,1-5H3;. The third-order valence-electron chi connectivity index (χ3n) is 3.04. The van der Waals surface area contributed by atoms with Gasteiger partial charge < -0.3 is 0 Å².